The summed E-state index contributed by atoms with van der Waals surface area (Å²) in [6.07, 6.45) is 4.58. The first-order valence-corrected chi connectivity index (χ1v) is 9.79. The predicted molar refractivity (Wildman–Crippen MR) is 108 cm³/mol. The van der Waals surface area contributed by atoms with Gasteiger partial charge in [0.2, 0.25) is 0 Å². The van der Waals surface area contributed by atoms with E-state index in [9.17, 15) is 24.6 Å². The van der Waals surface area contributed by atoms with Gasteiger partial charge in [0.05, 0.1) is 18.2 Å². The van der Waals surface area contributed by atoms with Crippen LogP contribution in [0.25, 0.3) is 16.5 Å². The number of allylic oxidation sites excluding steroid dienone is 1. The lowest BCUT2D eigenvalue weighted by Crippen LogP contribution is -2.13. The van der Waals surface area contributed by atoms with Crippen molar-refractivity contribution in [1.29, 1.82) is 0 Å². The number of benzene rings is 1. The molecule has 1 heterocycles. The third kappa shape index (κ3) is 3.90. The van der Waals surface area contributed by atoms with E-state index in [0.717, 1.165) is 41.5 Å². The van der Waals surface area contributed by atoms with Crippen LogP contribution in [0.5, 0.6) is 0 Å². The maximum absolute atomic E-state index is 12.3. The second-order valence-corrected chi connectivity index (χ2v) is 7.24. The quantitative estimate of drug-likeness (QED) is 0.653. The molecule has 7 heteroatoms. The Morgan fingerprint density at radius 2 is 1.93 bits per heavy atom. The minimum atomic E-state index is -1.07. The van der Waals surface area contributed by atoms with Crippen molar-refractivity contribution in [1.82, 2.24) is 4.57 Å². The number of esters is 1. The molecule has 0 atom stereocenters. The van der Waals surface area contributed by atoms with Gasteiger partial charge in [0.1, 0.15) is 6.54 Å². The van der Waals surface area contributed by atoms with Crippen LogP contribution in [0.15, 0.2) is 23.8 Å². The van der Waals surface area contributed by atoms with Gasteiger partial charge < -0.3 is 19.5 Å². The van der Waals surface area contributed by atoms with E-state index in [1.807, 2.05) is 0 Å². The van der Waals surface area contributed by atoms with Crippen LogP contribution in [0, 0.1) is 0 Å². The number of hydrogen-bond acceptors (Lipinski definition) is 4. The van der Waals surface area contributed by atoms with Crippen molar-refractivity contribution in [2.45, 2.75) is 52.0 Å². The molecule has 0 radical (unpaired) electrons. The summed E-state index contributed by atoms with van der Waals surface area (Å²) in [5.74, 6) is -2.43. The average molecular weight is 399 g/mol. The number of nitrogens with zero attached hydrogens (tertiary/aromatic N) is 1. The maximum Gasteiger partial charge on any atom is 0.335 e. The molecule has 0 fully saturated rings. The summed E-state index contributed by atoms with van der Waals surface area (Å²) in [6.45, 7) is 1.79. The molecule has 0 saturated carbocycles. The molecule has 2 aromatic rings. The second-order valence-electron chi connectivity index (χ2n) is 7.24. The van der Waals surface area contributed by atoms with E-state index in [0.29, 0.717) is 30.4 Å². The van der Waals surface area contributed by atoms with Crippen molar-refractivity contribution in [3.05, 3.63) is 40.6 Å². The highest BCUT2D eigenvalue weighted by molar-refractivity contribution is 6.06. The highest BCUT2D eigenvalue weighted by Crippen LogP contribution is 2.41. The van der Waals surface area contributed by atoms with Crippen LogP contribution >= 0.6 is 0 Å². The molecule has 0 bridgehead atoms. The van der Waals surface area contributed by atoms with Gasteiger partial charge in [0.15, 0.2) is 0 Å². The van der Waals surface area contributed by atoms with Crippen LogP contribution in [0.2, 0.25) is 0 Å². The average Bonchev–Trinajstić information content (AvgIpc) is 3.27. The molecule has 0 aliphatic heterocycles. The van der Waals surface area contributed by atoms with E-state index < -0.39 is 11.9 Å². The number of unbranched alkanes of at least 4 members (excludes halogenated alkanes) is 1. The fourth-order valence-corrected chi connectivity index (χ4v) is 4.16. The first-order chi connectivity index (χ1) is 13.9. The monoisotopic (exact) mass is 399 g/mol. The van der Waals surface area contributed by atoms with Gasteiger partial charge in [0.25, 0.3) is 0 Å². The molecule has 1 aromatic heterocycles. The zero-order valence-corrected chi connectivity index (χ0v) is 16.7. The number of aromatic nitrogens is 1. The van der Waals surface area contributed by atoms with Crippen molar-refractivity contribution in [3.8, 4) is 0 Å². The van der Waals surface area contributed by atoms with E-state index in [1.165, 1.54) is 19.2 Å². The fraction of sp³-hybridized carbons (Fsp3) is 0.409. The number of ether oxygens (including phenoxy) is 1. The molecule has 2 N–H and O–H groups in total. The lowest BCUT2D eigenvalue weighted by molar-refractivity contribution is -0.138. The fourth-order valence-electron chi connectivity index (χ4n) is 4.16. The summed E-state index contributed by atoms with van der Waals surface area (Å²) in [6, 6.07) is 4.77. The van der Waals surface area contributed by atoms with Gasteiger partial charge in [-0.2, -0.15) is 0 Å². The Bertz CT molecular complexity index is 1010. The van der Waals surface area contributed by atoms with Gasteiger partial charge in [-0.15, -0.1) is 0 Å². The molecule has 0 unspecified atom stereocenters. The molecule has 1 aliphatic carbocycles. The highest BCUT2D eigenvalue weighted by Gasteiger charge is 2.29. The largest absolute Gasteiger partial charge is 0.480 e. The Labute approximate surface area is 168 Å². The predicted octanol–water partition coefficient (Wildman–Crippen LogP) is 3.88. The standard InChI is InChI=1S/C22H25NO6/c1-3-4-8-17-20(14-6-5-7-15(14)22(28)29-2)16-10-9-13(21(26)27)11-18(16)23(17)12-19(24)25/h9-11H,3-8,12H2,1-2H3,(H,24,25)(H,26,27). The normalized spacial score (nSPS) is 13.9. The van der Waals surface area contributed by atoms with Gasteiger partial charge in [-0.1, -0.05) is 19.4 Å². The first-order valence-electron chi connectivity index (χ1n) is 9.79. The number of methoxy groups -OCH3 is 1. The number of carboxylic acid groups (broad SMARTS) is 2. The number of fused-ring (bicyclic) bond motifs is 1. The molecule has 1 aromatic carbocycles. The summed E-state index contributed by atoms with van der Waals surface area (Å²) in [5.41, 5.74) is 3.89. The number of carbonyl (C=O) groups excluding carboxylic acids is 1. The van der Waals surface area contributed by atoms with E-state index in [4.69, 9.17) is 4.74 Å². The molecule has 0 amide bonds. The lowest BCUT2D eigenvalue weighted by Gasteiger charge is -2.12. The van der Waals surface area contributed by atoms with E-state index in [2.05, 4.69) is 6.92 Å². The molecule has 0 saturated heterocycles. The van der Waals surface area contributed by atoms with Crippen LogP contribution in [0.4, 0.5) is 0 Å². The Morgan fingerprint density at radius 1 is 1.17 bits per heavy atom. The lowest BCUT2D eigenvalue weighted by atomic mass is 9.96. The summed E-state index contributed by atoms with van der Waals surface area (Å²) in [5, 5.41) is 19.7. The van der Waals surface area contributed by atoms with Crippen molar-refractivity contribution >= 4 is 34.4 Å². The topological polar surface area (TPSA) is 106 Å². The SMILES string of the molecule is CCCCc1c(C2=C(C(=O)OC)CCC2)c2ccc(C(=O)O)cc2n1CC(=O)O. The Morgan fingerprint density at radius 3 is 2.55 bits per heavy atom. The molecule has 0 spiro atoms. The molecule has 7 nitrogen and oxygen atoms in total. The van der Waals surface area contributed by atoms with Crippen molar-refractivity contribution in [2.75, 3.05) is 7.11 Å². The number of rotatable bonds is 8. The number of carbonyl (C=O) groups is 3. The van der Waals surface area contributed by atoms with E-state index in [-0.39, 0.29) is 18.1 Å². The van der Waals surface area contributed by atoms with E-state index in [1.54, 1.807) is 10.6 Å². The van der Waals surface area contributed by atoms with Gasteiger partial charge in [0, 0.05) is 22.2 Å². The number of hydrogen-bond donors (Lipinski definition) is 2. The van der Waals surface area contributed by atoms with Gasteiger partial charge >= 0.3 is 17.9 Å². The zero-order valence-electron chi connectivity index (χ0n) is 16.7. The van der Waals surface area contributed by atoms with Crippen LogP contribution in [0.1, 0.15) is 60.6 Å². The van der Waals surface area contributed by atoms with Crippen molar-refractivity contribution in [3.63, 3.8) is 0 Å². The maximum atomic E-state index is 12.3. The summed E-state index contributed by atoms with van der Waals surface area (Å²) in [7, 11) is 1.36. The molecule has 154 valence electrons. The smallest absolute Gasteiger partial charge is 0.335 e. The summed E-state index contributed by atoms with van der Waals surface area (Å²) >= 11 is 0. The molecular weight excluding hydrogens is 374 g/mol. The van der Waals surface area contributed by atoms with Gasteiger partial charge in [-0.25, -0.2) is 9.59 Å². The minimum Gasteiger partial charge on any atom is -0.480 e. The highest BCUT2D eigenvalue weighted by atomic mass is 16.5. The molecular formula is C22H25NO6. The third-order valence-corrected chi connectivity index (χ3v) is 5.43. The Kier molecular flexibility index (Phi) is 6.06. The summed E-state index contributed by atoms with van der Waals surface area (Å²) in [4.78, 5) is 35.4. The van der Waals surface area contributed by atoms with Crippen molar-refractivity contribution < 1.29 is 29.3 Å². The molecule has 3 rings (SSSR count). The number of aromatic carboxylic acids is 1. The molecule has 1 aliphatic rings. The van der Waals surface area contributed by atoms with Crippen LogP contribution < -0.4 is 0 Å². The Balaban J connectivity index is 2.36. The number of aliphatic carboxylic acids is 1. The first kappa shape index (κ1) is 20.6. The second kappa shape index (κ2) is 8.51. The van der Waals surface area contributed by atoms with Crippen LogP contribution in [0.3, 0.4) is 0 Å². The van der Waals surface area contributed by atoms with E-state index >= 15 is 0 Å². The number of carboxylic acids is 2. The van der Waals surface area contributed by atoms with Crippen LogP contribution in [-0.4, -0.2) is 39.8 Å². The van der Waals surface area contributed by atoms with Crippen molar-refractivity contribution in [2.24, 2.45) is 0 Å². The zero-order chi connectivity index (χ0) is 21.1. The van der Waals surface area contributed by atoms with Gasteiger partial charge in [-0.3, -0.25) is 4.79 Å². The van der Waals surface area contributed by atoms with Crippen LogP contribution in [-0.2, 0) is 27.3 Å². The summed E-state index contributed by atoms with van der Waals surface area (Å²) < 4.78 is 6.66. The third-order valence-electron chi connectivity index (χ3n) is 5.43. The molecule has 29 heavy (non-hydrogen) atoms. The minimum absolute atomic E-state index is 0.101. The Hall–Kier alpha value is -3.09. The van der Waals surface area contributed by atoms with Gasteiger partial charge in [-0.05, 0) is 49.8 Å².